The van der Waals surface area contributed by atoms with Crippen molar-refractivity contribution in [1.82, 2.24) is 0 Å². The highest BCUT2D eigenvalue weighted by molar-refractivity contribution is 6.82. The Kier molecular flexibility index (Phi) is 4.90. The van der Waals surface area contributed by atoms with Gasteiger partial charge in [0.05, 0.1) is 12.3 Å². The number of nitrogens with zero attached hydrogens (tertiary/aromatic N) is 1. The maximum atomic E-state index is 13.0. The first-order valence-corrected chi connectivity index (χ1v) is 5.34. The number of benzene rings is 1. The predicted molar refractivity (Wildman–Crippen MR) is 64.7 cm³/mol. The van der Waals surface area contributed by atoms with Crippen LogP contribution in [-0.2, 0) is 9.53 Å². The Morgan fingerprint density at radius 3 is 2.82 bits per heavy atom. The maximum absolute atomic E-state index is 13.0. The number of esters is 1. The molecule has 0 aliphatic heterocycles. The molecule has 1 N–H and O–H groups in total. The van der Waals surface area contributed by atoms with Gasteiger partial charge < -0.3 is 4.74 Å². The summed E-state index contributed by atoms with van der Waals surface area (Å²) in [6.07, 6.45) is 0. The van der Waals surface area contributed by atoms with Crippen LogP contribution in [0.25, 0.3) is 0 Å². The molecule has 0 saturated heterocycles. The van der Waals surface area contributed by atoms with Gasteiger partial charge in [0.25, 0.3) is 0 Å². The average molecular weight is 259 g/mol. The summed E-state index contributed by atoms with van der Waals surface area (Å²) in [5.41, 5.74) is 3.62. The smallest absolute Gasteiger partial charge is 0.370 e. The Morgan fingerprint density at radius 2 is 2.24 bits per heavy atom. The van der Waals surface area contributed by atoms with Crippen molar-refractivity contribution in [3.63, 3.8) is 0 Å². The van der Waals surface area contributed by atoms with E-state index in [1.165, 1.54) is 12.1 Å². The summed E-state index contributed by atoms with van der Waals surface area (Å²) in [6, 6.07) is 4.29. The van der Waals surface area contributed by atoms with Crippen LogP contribution in [0.5, 0.6) is 0 Å². The van der Waals surface area contributed by atoms with Gasteiger partial charge in [-0.15, -0.1) is 0 Å². The van der Waals surface area contributed by atoms with Crippen molar-refractivity contribution in [3.8, 4) is 0 Å². The molecule has 6 heteroatoms. The first kappa shape index (κ1) is 13.4. The van der Waals surface area contributed by atoms with Gasteiger partial charge in [0.1, 0.15) is 5.82 Å². The van der Waals surface area contributed by atoms with E-state index in [4.69, 9.17) is 11.6 Å². The summed E-state index contributed by atoms with van der Waals surface area (Å²) in [6.45, 7) is 3.61. The fourth-order valence-electron chi connectivity index (χ4n) is 1.15. The van der Waals surface area contributed by atoms with Gasteiger partial charge in [-0.05, 0) is 37.6 Å². The van der Waals surface area contributed by atoms with Crippen LogP contribution in [0.4, 0.5) is 10.1 Å². The number of nitrogens with one attached hydrogen (secondary N) is 1. The van der Waals surface area contributed by atoms with E-state index < -0.39 is 11.8 Å². The number of halogens is 2. The summed E-state index contributed by atoms with van der Waals surface area (Å²) in [7, 11) is 0. The molecule has 1 aromatic carbocycles. The molecular formula is C11H12ClFN2O2. The molecule has 0 unspecified atom stereocenters. The van der Waals surface area contributed by atoms with Crippen molar-refractivity contribution in [1.29, 1.82) is 0 Å². The molecule has 4 nitrogen and oxygen atoms in total. The number of carbonyl (C=O) groups excluding carboxylic acids is 1. The molecular weight excluding hydrogens is 247 g/mol. The summed E-state index contributed by atoms with van der Waals surface area (Å²) in [5, 5.41) is 3.25. The lowest BCUT2D eigenvalue weighted by atomic mass is 10.2. The highest BCUT2D eigenvalue weighted by Crippen LogP contribution is 2.13. The lowest BCUT2D eigenvalue weighted by Crippen LogP contribution is -2.13. The zero-order chi connectivity index (χ0) is 12.8. The average Bonchev–Trinajstić information content (AvgIpc) is 2.25. The van der Waals surface area contributed by atoms with Crippen LogP contribution in [-0.4, -0.2) is 17.7 Å². The fourth-order valence-corrected chi connectivity index (χ4v) is 1.25. The quantitative estimate of drug-likeness (QED) is 0.513. The molecule has 17 heavy (non-hydrogen) atoms. The highest BCUT2D eigenvalue weighted by atomic mass is 35.5. The first-order chi connectivity index (χ1) is 8.02. The van der Waals surface area contributed by atoms with Crippen molar-refractivity contribution in [3.05, 3.63) is 29.6 Å². The molecule has 92 valence electrons. The van der Waals surface area contributed by atoms with E-state index >= 15 is 0 Å². The van der Waals surface area contributed by atoms with Gasteiger partial charge in [-0.1, -0.05) is 11.6 Å². The van der Waals surface area contributed by atoms with E-state index in [0.29, 0.717) is 5.69 Å². The second-order valence-corrected chi connectivity index (χ2v) is 3.61. The van der Waals surface area contributed by atoms with Crippen LogP contribution >= 0.6 is 11.6 Å². The van der Waals surface area contributed by atoms with Crippen molar-refractivity contribution < 1.29 is 13.9 Å². The second kappa shape index (κ2) is 6.20. The minimum absolute atomic E-state index is 0.212. The summed E-state index contributed by atoms with van der Waals surface area (Å²) in [5.74, 6) is -1.12. The lowest BCUT2D eigenvalue weighted by molar-refractivity contribution is -0.134. The minimum atomic E-state index is -0.727. The molecule has 0 bridgehead atoms. The molecule has 0 aliphatic carbocycles. The molecule has 0 saturated carbocycles. The number of hydrogen-bond acceptors (Lipinski definition) is 4. The molecule has 0 aromatic heterocycles. The van der Waals surface area contributed by atoms with Gasteiger partial charge >= 0.3 is 5.97 Å². The van der Waals surface area contributed by atoms with Crippen molar-refractivity contribution in [2.24, 2.45) is 5.10 Å². The molecule has 1 aromatic rings. The number of aryl methyl sites for hydroxylation is 1. The van der Waals surface area contributed by atoms with E-state index in [1.54, 1.807) is 19.9 Å². The normalized spacial score (nSPS) is 11.2. The van der Waals surface area contributed by atoms with Gasteiger partial charge in [-0.3, -0.25) is 5.43 Å². The number of anilines is 1. The van der Waals surface area contributed by atoms with Crippen LogP contribution < -0.4 is 5.43 Å². The second-order valence-electron chi connectivity index (χ2n) is 3.25. The number of rotatable bonds is 4. The molecule has 0 atom stereocenters. The third-order valence-electron chi connectivity index (χ3n) is 1.77. The van der Waals surface area contributed by atoms with Crippen LogP contribution in [0.3, 0.4) is 0 Å². The van der Waals surface area contributed by atoms with Gasteiger partial charge in [-0.2, -0.15) is 5.10 Å². The van der Waals surface area contributed by atoms with Crippen LogP contribution in [0.15, 0.2) is 23.3 Å². The monoisotopic (exact) mass is 258 g/mol. The third kappa shape index (κ3) is 4.40. The van der Waals surface area contributed by atoms with Gasteiger partial charge in [-0.25, -0.2) is 9.18 Å². The van der Waals surface area contributed by atoms with Crippen molar-refractivity contribution >= 4 is 28.4 Å². The lowest BCUT2D eigenvalue weighted by Gasteiger charge is -2.03. The van der Waals surface area contributed by atoms with E-state index in [0.717, 1.165) is 5.56 Å². The maximum Gasteiger partial charge on any atom is 0.370 e. The Bertz CT molecular complexity index is 429. The Balaban J connectivity index is 2.71. The van der Waals surface area contributed by atoms with Crippen LogP contribution in [0, 0.1) is 12.7 Å². The van der Waals surface area contributed by atoms with Gasteiger partial charge in [0.15, 0.2) is 0 Å². The zero-order valence-corrected chi connectivity index (χ0v) is 10.2. The van der Waals surface area contributed by atoms with Crippen LogP contribution in [0.1, 0.15) is 12.5 Å². The SMILES string of the molecule is CCOC(=O)/C(Cl)=N/Nc1cc(C)cc(F)c1. The Hall–Kier alpha value is -1.62. The number of ether oxygens (including phenoxy) is 1. The number of carbonyl (C=O) groups is 1. The summed E-state index contributed by atoms with van der Waals surface area (Å²) >= 11 is 5.56. The molecule has 1 rings (SSSR count). The molecule has 0 spiro atoms. The molecule has 0 radical (unpaired) electrons. The molecule has 0 amide bonds. The third-order valence-corrected chi connectivity index (χ3v) is 2.01. The number of hydrazone groups is 1. The first-order valence-electron chi connectivity index (χ1n) is 4.96. The largest absolute Gasteiger partial charge is 0.461 e. The van der Waals surface area contributed by atoms with Crippen molar-refractivity contribution in [2.45, 2.75) is 13.8 Å². The number of hydrogen-bond donors (Lipinski definition) is 1. The standard InChI is InChI=1S/C11H12ClFN2O2/c1-3-17-11(16)10(12)15-14-9-5-7(2)4-8(13)6-9/h4-6,14H,3H2,1-2H3/b15-10-. The Labute approximate surface area is 103 Å². The Morgan fingerprint density at radius 1 is 1.53 bits per heavy atom. The summed E-state index contributed by atoms with van der Waals surface area (Å²) in [4.78, 5) is 11.1. The summed E-state index contributed by atoms with van der Waals surface area (Å²) < 4.78 is 17.6. The van der Waals surface area contributed by atoms with E-state index in [2.05, 4.69) is 15.3 Å². The zero-order valence-electron chi connectivity index (χ0n) is 9.46. The topological polar surface area (TPSA) is 50.7 Å². The van der Waals surface area contributed by atoms with E-state index in [1.807, 2.05) is 0 Å². The minimum Gasteiger partial charge on any atom is -0.461 e. The predicted octanol–water partition coefficient (Wildman–Crippen LogP) is 2.66. The van der Waals surface area contributed by atoms with Crippen molar-refractivity contribution in [2.75, 3.05) is 12.0 Å². The molecule has 0 heterocycles. The van der Waals surface area contributed by atoms with Gasteiger partial charge in [0.2, 0.25) is 5.17 Å². The molecule has 0 fully saturated rings. The van der Waals surface area contributed by atoms with E-state index in [-0.39, 0.29) is 11.8 Å². The highest BCUT2D eigenvalue weighted by Gasteiger charge is 2.08. The van der Waals surface area contributed by atoms with Crippen LogP contribution in [0.2, 0.25) is 0 Å². The van der Waals surface area contributed by atoms with Gasteiger partial charge in [0, 0.05) is 0 Å². The molecule has 0 aliphatic rings. The van der Waals surface area contributed by atoms with E-state index in [9.17, 15) is 9.18 Å². The fraction of sp³-hybridized carbons (Fsp3) is 0.273.